The molecule has 0 bridgehead atoms. The molecule has 3 nitrogen and oxygen atoms in total. The Bertz CT molecular complexity index is 598. The van der Waals surface area contributed by atoms with Gasteiger partial charge in [-0.15, -0.1) is 0 Å². The number of aliphatic imine (C=N–C) groups is 1. The molecule has 1 aromatic carbocycles. The molecule has 2 atom stereocenters. The molecular weight excluding hydrogens is 308 g/mol. The molecule has 0 spiro atoms. The van der Waals surface area contributed by atoms with Crippen LogP contribution in [0.4, 0.5) is 0 Å². The number of benzene rings is 1. The Morgan fingerprint density at radius 3 is 2.28 bits per heavy atom. The summed E-state index contributed by atoms with van der Waals surface area (Å²) in [6, 6.07) is 7.29. The molecule has 0 radical (unpaired) electrons. The van der Waals surface area contributed by atoms with E-state index in [-0.39, 0.29) is 6.10 Å². The Kier molecular flexibility index (Phi) is 6.53. The SMILES string of the molecule is CCCC(C)N1C(=NC)c2c(OC(C(C)C)C(C)C)cccc2C1C. The average Bonchev–Trinajstić information content (AvgIpc) is 2.85. The summed E-state index contributed by atoms with van der Waals surface area (Å²) in [5.41, 5.74) is 2.54. The lowest BCUT2D eigenvalue weighted by molar-refractivity contribution is 0.105. The molecule has 0 aliphatic carbocycles. The van der Waals surface area contributed by atoms with E-state index in [1.165, 1.54) is 24.0 Å². The fourth-order valence-electron chi connectivity index (χ4n) is 4.26. The fourth-order valence-corrected chi connectivity index (χ4v) is 4.26. The first-order valence-electron chi connectivity index (χ1n) is 9.88. The van der Waals surface area contributed by atoms with Crippen molar-refractivity contribution < 1.29 is 4.74 Å². The molecule has 1 heterocycles. The van der Waals surface area contributed by atoms with Crippen LogP contribution < -0.4 is 4.74 Å². The van der Waals surface area contributed by atoms with Crippen molar-refractivity contribution in [3.63, 3.8) is 0 Å². The standard InChI is InChI=1S/C22H36N2O/c1-9-11-16(6)24-17(7)18-12-10-13-19(20(18)22(24)23-8)25-21(14(2)3)15(4)5/h10,12-17,21H,9,11H2,1-8H3. The molecule has 140 valence electrons. The summed E-state index contributed by atoms with van der Waals surface area (Å²) >= 11 is 0. The Hall–Kier alpha value is -1.51. The molecule has 3 heteroatoms. The Balaban J connectivity index is 2.45. The van der Waals surface area contributed by atoms with Crippen molar-refractivity contribution in [1.29, 1.82) is 0 Å². The quantitative estimate of drug-likeness (QED) is 0.635. The Morgan fingerprint density at radius 1 is 1.12 bits per heavy atom. The van der Waals surface area contributed by atoms with Crippen LogP contribution in [-0.2, 0) is 0 Å². The fraction of sp³-hybridized carbons (Fsp3) is 0.682. The Labute approximate surface area is 154 Å². The highest BCUT2D eigenvalue weighted by atomic mass is 16.5. The highest BCUT2D eigenvalue weighted by Gasteiger charge is 2.37. The number of ether oxygens (including phenoxy) is 1. The van der Waals surface area contributed by atoms with Crippen LogP contribution in [0.25, 0.3) is 0 Å². The lowest BCUT2D eigenvalue weighted by Crippen LogP contribution is -2.36. The van der Waals surface area contributed by atoms with Crippen molar-refractivity contribution >= 4 is 5.84 Å². The van der Waals surface area contributed by atoms with Gasteiger partial charge in [0.05, 0.1) is 11.6 Å². The Morgan fingerprint density at radius 2 is 1.76 bits per heavy atom. The lowest BCUT2D eigenvalue weighted by atomic mass is 9.96. The zero-order valence-electron chi connectivity index (χ0n) is 17.3. The first-order chi connectivity index (χ1) is 11.8. The monoisotopic (exact) mass is 344 g/mol. The molecule has 2 unspecified atom stereocenters. The molecule has 0 saturated heterocycles. The van der Waals surface area contributed by atoms with Crippen molar-refractivity contribution in [2.45, 2.75) is 79.5 Å². The summed E-state index contributed by atoms with van der Waals surface area (Å²) in [6.07, 6.45) is 2.57. The van der Waals surface area contributed by atoms with Gasteiger partial charge in [0, 0.05) is 13.1 Å². The third-order valence-corrected chi connectivity index (χ3v) is 5.36. The summed E-state index contributed by atoms with van der Waals surface area (Å²) in [7, 11) is 1.90. The van der Waals surface area contributed by atoms with Crippen molar-refractivity contribution in [2.24, 2.45) is 16.8 Å². The van der Waals surface area contributed by atoms with E-state index in [4.69, 9.17) is 4.74 Å². The van der Waals surface area contributed by atoms with Crippen LogP contribution in [0.15, 0.2) is 23.2 Å². The van der Waals surface area contributed by atoms with Crippen molar-refractivity contribution in [3.8, 4) is 5.75 Å². The highest BCUT2D eigenvalue weighted by molar-refractivity contribution is 6.05. The van der Waals surface area contributed by atoms with Gasteiger partial charge in [0.15, 0.2) is 0 Å². The molecule has 0 N–H and O–H groups in total. The van der Waals surface area contributed by atoms with Gasteiger partial charge < -0.3 is 9.64 Å². The minimum absolute atomic E-state index is 0.210. The van der Waals surface area contributed by atoms with E-state index in [2.05, 4.69) is 76.6 Å². The third-order valence-electron chi connectivity index (χ3n) is 5.36. The summed E-state index contributed by atoms with van der Waals surface area (Å²) in [5.74, 6) is 3.03. The van der Waals surface area contributed by atoms with Crippen LogP contribution in [0.5, 0.6) is 5.75 Å². The number of amidine groups is 1. The predicted molar refractivity (Wildman–Crippen MR) is 108 cm³/mol. The van der Waals surface area contributed by atoms with E-state index in [0.717, 1.165) is 11.6 Å². The van der Waals surface area contributed by atoms with Crippen molar-refractivity contribution in [2.75, 3.05) is 7.05 Å². The lowest BCUT2D eigenvalue weighted by Gasteiger charge is -2.31. The number of fused-ring (bicyclic) bond motifs is 1. The van der Waals surface area contributed by atoms with Crippen LogP contribution in [0.1, 0.15) is 78.5 Å². The number of rotatable bonds is 7. The molecule has 0 aromatic heterocycles. The maximum Gasteiger partial charge on any atom is 0.135 e. The normalized spacial score (nSPS) is 20.0. The second-order valence-electron chi connectivity index (χ2n) is 8.06. The van der Waals surface area contributed by atoms with E-state index in [1.54, 1.807) is 0 Å². The van der Waals surface area contributed by atoms with Gasteiger partial charge in [-0.05, 0) is 43.7 Å². The first-order valence-corrected chi connectivity index (χ1v) is 9.88. The van der Waals surface area contributed by atoms with E-state index in [0.29, 0.717) is 23.9 Å². The van der Waals surface area contributed by atoms with Gasteiger partial charge >= 0.3 is 0 Å². The van der Waals surface area contributed by atoms with Crippen LogP contribution in [-0.4, -0.2) is 29.9 Å². The second kappa shape index (κ2) is 8.25. The second-order valence-corrected chi connectivity index (χ2v) is 8.06. The number of hydrogen-bond acceptors (Lipinski definition) is 2. The largest absolute Gasteiger partial charge is 0.489 e. The van der Waals surface area contributed by atoms with E-state index in [9.17, 15) is 0 Å². The predicted octanol–water partition coefficient (Wildman–Crippen LogP) is 5.69. The number of hydrogen-bond donors (Lipinski definition) is 0. The van der Waals surface area contributed by atoms with Crippen molar-refractivity contribution in [1.82, 2.24) is 4.90 Å². The van der Waals surface area contributed by atoms with Crippen LogP contribution in [0, 0.1) is 11.8 Å². The molecule has 1 aliphatic heterocycles. The van der Waals surface area contributed by atoms with Crippen molar-refractivity contribution in [3.05, 3.63) is 29.3 Å². The maximum atomic E-state index is 6.54. The first kappa shape index (κ1) is 19.8. The highest BCUT2D eigenvalue weighted by Crippen LogP contribution is 2.41. The van der Waals surface area contributed by atoms with Gasteiger partial charge in [0.25, 0.3) is 0 Å². The summed E-state index contributed by atoms with van der Waals surface area (Å²) in [4.78, 5) is 7.16. The smallest absolute Gasteiger partial charge is 0.135 e. The molecule has 0 amide bonds. The molecule has 0 fully saturated rings. The third kappa shape index (κ3) is 3.86. The molecule has 2 rings (SSSR count). The van der Waals surface area contributed by atoms with Gasteiger partial charge in [-0.25, -0.2) is 0 Å². The maximum absolute atomic E-state index is 6.54. The van der Waals surface area contributed by atoms with Gasteiger partial charge in [-0.1, -0.05) is 53.2 Å². The minimum Gasteiger partial charge on any atom is -0.489 e. The van der Waals surface area contributed by atoms with Crippen LogP contribution in [0.2, 0.25) is 0 Å². The average molecular weight is 345 g/mol. The molecule has 25 heavy (non-hydrogen) atoms. The zero-order valence-corrected chi connectivity index (χ0v) is 17.3. The molecular formula is C22H36N2O. The molecule has 0 saturated carbocycles. The van der Waals surface area contributed by atoms with Gasteiger partial charge in [0.2, 0.25) is 0 Å². The molecule has 1 aliphatic rings. The minimum atomic E-state index is 0.210. The van der Waals surface area contributed by atoms with E-state index < -0.39 is 0 Å². The van der Waals surface area contributed by atoms with Gasteiger partial charge in [-0.2, -0.15) is 0 Å². The summed E-state index contributed by atoms with van der Waals surface area (Å²) in [6.45, 7) is 15.8. The number of nitrogens with zero attached hydrogens (tertiary/aromatic N) is 2. The topological polar surface area (TPSA) is 24.8 Å². The van der Waals surface area contributed by atoms with E-state index in [1.807, 2.05) is 7.05 Å². The zero-order chi connectivity index (χ0) is 18.7. The van der Waals surface area contributed by atoms with E-state index >= 15 is 0 Å². The summed E-state index contributed by atoms with van der Waals surface area (Å²) < 4.78 is 6.54. The summed E-state index contributed by atoms with van der Waals surface area (Å²) in [5, 5.41) is 0. The van der Waals surface area contributed by atoms with Crippen LogP contribution in [0.3, 0.4) is 0 Å². The van der Waals surface area contributed by atoms with Gasteiger partial charge in [0.1, 0.15) is 17.7 Å². The molecule has 1 aromatic rings. The van der Waals surface area contributed by atoms with Crippen LogP contribution >= 0.6 is 0 Å². The van der Waals surface area contributed by atoms with Gasteiger partial charge in [-0.3, -0.25) is 4.99 Å².